The zero-order valence-corrected chi connectivity index (χ0v) is 10.2. The molecule has 0 fully saturated rings. The molecule has 0 saturated heterocycles. The molecule has 0 atom stereocenters. The Morgan fingerprint density at radius 2 is 1.79 bits per heavy atom. The van der Waals surface area contributed by atoms with Gasteiger partial charge in [-0.2, -0.15) is 0 Å². The Balaban J connectivity index is 3.38. The first-order valence-electron chi connectivity index (χ1n) is 5.72. The van der Waals surface area contributed by atoms with Gasteiger partial charge in [0.05, 0.1) is 0 Å². The summed E-state index contributed by atoms with van der Waals surface area (Å²) in [5.41, 5.74) is 0.194. The van der Waals surface area contributed by atoms with E-state index in [0.717, 1.165) is 13.0 Å². The summed E-state index contributed by atoms with van der Waals surface area (Å²) in [6.45, 7) is 9.35. The summed E-state index contributed by atoms with van der Waals surface area (Å²) in [6.07, 6.45) is 5.37. The summed E-state index contributed by atoms with van der Waals surface area (Å²) in [7, 11) is 0. The van der Waals surface area contributed by atoms with E-state index in [9.17, 15) is 4.79 Å². The molecule has 0 unspecified atom stereocenters. The maximum absolute atomic E-state index is 11.3. The third-order valence-corrected chi connectivity index (χ3v) is 2.07. The van der Waals surface area contributed by atoms with Gasteiger partial charge in [-0.05, 0) is 11.8 Å². The molecular formula is C12H25NO. The molecule has 0 radical (unpaired) electrons. The van der Waals surface area contributed by atoms with Crippen LogP contribution in [0.15, 0.2) is 0 Å². The van der Waals surface area contributed by atoms with Crippen molar-refractivity contribution >= 4 is 5.91 Å². The number of carbonyl (C=O) groups is 1. The third kappa shape index (κ3) is 9.56. The Morgan fingerprint density at radius 1 is 1.14 bits per heavy atom. The van der Waals surface area contributed by atoms with Crippen LogP contribution in [0.25, 0.3) is 0 Å². The largest absolute Gasteiger partial charge is 0.356 e. The number of carbonyl (C=O) groups excluding carboxylic acids is 1. The number of hydrogen-bond acceptors (Lipinski definition) is 1. The van der Waals surface area contributed by atoms with Crippen LogP contribution in [0.2, 0.25) is 0 Å². The van der Waals surface area contributed by atoms with Gasteiger partial charge in [0.15, 0.2) is 0 Å². The summed E-state index contributed by atoms with van der Waals surface area (Å²) < 4.78 is 0. The Bertz CT molecular complexity index is 158. The van der Waals surface area contributed by atoms with Gasteiger partial charge in [-0.25, -0.2) is 0 Å². The number of unbranched alkanes of at least 4 members (excludes halogenated alkanes) is 3. The van der Waals surface area contributed by atoms with Gasteiger partial charge < -0.3 is 5.32 Å². The van der Waals surface area contributed by atoms with Gasteiger partial charge in [0.2, 0.25) is 5.91 Å². The van der Waals surface area contributed by atoms with Crippen molar-refractivity contribution < 1.29 is 4.79 Å². The Kier molecular flexibility index (Phi) is 6.60. The normalized spacial score (nSPS) is 11.4. The van der Waals surface area contributed by atoms with Gasteiger partial charge in [-0.15, -0.1) is 0 Å². The van der Waals surface area contributed by atoms with Crippen LogP contribution in [0, 0.1) is 5.41 Å². The molecule has 0 bridgehead atoms. The lowest BCUT2D eigenvalue weighted by molar-refractivity contribution is -0.121. The molecule has 0 rings (SSSR count). The van der Waals surface area contributed by atoms with Crippen molar-refractivity contribution in [2.45, 2.75) is 59.8 Å². The molecule has 0 aliphatic heterocycles. The van der Waals surface area contributed by atoms with Crippen molar-refractivity contribution in [3.8, 4) is 0 Å². The Labute approximate surface area is 88.5 Å². The topological polar surface area (TPSA) is 29.1 Å². The summed E-state index contributed by atoms with van der Waals surface area (Å²) in [6, 6.07) is 0. The minimum Gasteiger partial charge on any atom is -0.356 e. The van der Waals surface area contributed by atoms with E-state index in [2.05, 4.69) is 33.0 Å². The molecule has 84 valence electrons. The molecule has 1 N–H and O–H groups in total. The smallest absolute Gasteiger partial charge is 0.220 e. The zero-order chi connectivity index (χ0) is 11.0. The lowest BCUT2D eigenvalue weighted by atomic mass is 9.97. The van der Waals surface area contributed by atoms with E-state index in [-0.39, 0.29) is 11.3 Å². The second-order valence-electron chi connectivity index (χ2n) is 5.15. The van der Waals surface area contributed by atoms with E-state index in [1.165, 1.54) is 19.3 Å². The van der Waals surface area contributed by atoms with Crippen LogP contribution in [0.3, 0.4) is 0 Å². The van der Waals surface area contributed by atoms with E-state index in [0.29, 0.717) is 6.42 Å². The Morgan fingerprint density at radius 3 is 2.29 bits per heavy atom. The molecule has 2 nitrogen and oxygen atoms in total. The molecule has 0 aromatic carbocycles. The van der Waals surface area contributed by atoms with Gasteiger partial charge in [-0.3, -0.25) is 4.79 Å². The molecule has 0 spiro atoms. The molecular weight excluding hydrogens is 174 g/mol. The SMILES string of the molecule is CCCCCCC(=O)NCC(C)(C)C. The standard InChI is InChI=1S/C12H25NO/c1-5-6-7-8-9-11(14)13-10-12(2,3)4/h5-10H2,1-4H3,(H,13,14). The minimum atomic E-state index is 0.194. The van der Waals surface area contributed by atoms with Crippen LogP contribution in [-0.4, -0.2) is 12.5 Å². The minimum absolute atomic E-state index is 0.194. The quantitative estimate of drug-likeness (QED) is 0.654. The monoisotopic (exact) mass is 199 g/mol. The van der Waals surface area contributed by atoms with Gasteiger partial charge in [0.1, 0.15) is 0 Å². The zero-order valence-electron chi connectivity index (χ0n) is 10.2. The Hall–Kier alpha value is -0.530. The summed E-state index contributed by atoms with van der Waals surface area (Å²) >= 11 is 0. The predicted molar refractivity (Wildman–Crippen MR) is 61.2 cm³/mol. The molecule has 0 aliphatic carbocycles. The highest BCUT2D eigenvalue weighted by Gasteiger charge is 2.11. The molecule has 0 aliphatic rings. The van der Waals surface area contributed by atoms with Crippen LogP contribution < -0.4 is 5.32 Å². The first-order chi connectivity index (χ1) is 6.45. The third-order valence-electron chi connectivity index (χ3n) is 2.07. The molecule has 0 aromatic rings. The van der Waals surface area contributed by atoms with Crippen molar-refractivity contribution in [1.29, 1.82) is 0 Å². The fourth-order valence-corrected chi connectivity index (χ4v) is 1.16. The van der Waals surface area contributed by atoms with Crippen molar-refractivity contribution in [2.24, 2.45) is 5.41 Å². The molecule has 0 heterocycles. The van der Waals surface area contributed by atoms with Crippen molar-refractivity contribution in [3.05, 3.63) is 0 Å². The van der Waals surface area contributed by atoms with E-state index >= 15 is 0 Å². The second-order valence-corrected chi connectivity index (χ2v) is 5.15. The molecule has 14 heavy (non-hydrogen) atoms. The number of hydrogen-bond donors (Lipinski definition) is 1. The van der Waals surface area contributed by atoms with E-state index in [4.69, 9.17) is 0 Å². The van der Waals surface area contributed by atoms with Gasteiger partial charge in [0, 0.05) is 13.0 Å². The summed E-state index contributed by atoms with van der Waals surface area (Å²) in [4.78, 5) is 11.3. The lowest BCUT2D eigenvalue weighted by Crippen LogP contribution is -2.31. The van der Waals surface area contributed by atoms with Crippen LogP contribution in [0.5, 0.6) is 0 Å². The van der Waals surface area contributed by atoms with Crippen LogP contribution >= 0.6 is 0 Å². The van der Waals surface area contributed by atoms with Gasteiger partial charge >= 0.3 is 0 Å². The maximum atomic E-state index is 11.3. The molecule has 0 aromatic heterocycles. The van der Waals surface area contributed by atoms with Crippen LogP contribution in [0.1, 0.15) is 59.8 Å². The van der Waals surface area contributed by atoms with Gasteiger partial charge in [-0.1, -0.05) is 47.0 Å². The summed E-state index contributed by atoms with van der Waals surface area (Å²) in [5.74, 6) is 0.205. The fraction of sp³-hybridized carbons (Fsp3) is 0.917. The average molecular weight is 199 g/mol. The number of rotatable bonds is 6. The highest BCUT2D eigenvalue weighted by Crippen LogP contribution is 2.10. The lowest BCUT2D eigenvalue weighted by Gasteiger charge is -2.18. The molecule has 0 saturated carbocycles. The van der Waals surface area contributed by atoms with Crippen molar-refractivity contribution in [2.75, 3.05) is 6.54 Å². The van der Waals surface area contributed by atoms with E-state index in [1.807, 2.05) is 0 Å². The summed E-state index contributed by atoms with van der Waals surface area (Å²) in [5, 5.41) is 2.96. The van der Waals surface area contributed by atoms with E-state index < -0.39 is 0 Å². The predicted octanol–water partition coefficient (Wildman–Crippen LogP) is 3.12. The molecule has 1 amide bonds. The van der Waals surface area contributed by atoms with Crippen LogP contribution in [0.4, 0.5) is 0 Å². The first-order valence-corrected chi connectivity index (χ1v) is 5.72. The van der Waals surface area contributed by atoms with E-state index in [1.54, 1.807) is 0 Å². The second kappa shape index (κ2) is 6.86. The highest BCUT2D eigenvalue weighted by atomic mass is 16.1. The highest BCUT2D eigenvalue weighted by molar-refractivity contribution is 5.75. The van der Waals surface area contributed by atoms with Crippen molar-refractivity contribution in [3.63, 3.8) is 0 Å². The first kappa shape index (κ1) is 13.5. The number of amides is 1. The maximum Gasteiger partial charge on any atom is 0.220 e. The van der Waals surface area contributed by atoms with Crippen molar-refractivity contribution in [1.82, 2.24) is 5.32 Å². The fourth-order valence-electron chi connectivity index (χ4n) is 1.16. The number of nitrogens with one attached hydrogen (secondary N) is 1. The van der Waals surface area contributed by atoms with Gasteiger partial charge in [0.25, 0.3) is 0 Å². The average Bonchev–Trinajstić information content (AvgIpc) is 2.08. The molecule has 2 heteroatoms. The van der Waals surface area contributed by atoms with Crippen LogP contribution in [-0.2, 0) is 4.79 Å².